The Morgan fingerprint density at radius 2 is 1.33 bits per heavy atom. The van der Waals surface area contributed by atoms with Crippen molar-refractivity contribution in [3.05, 3.63) is 70.5 Å². The van der Waals surface area contributed by atoms with Gasteiger partial charge in [-0.3, -0.25) is 0 Å². The summed E-state index contributed by atoms with van der Waals surface area (Å²) in [6, 6.07) is 14.7. The maximum atomic E-state index is 14.5. The molecule has 0 atom stereocenters. The summed E-state index contributed by atoms with van der Waals surface area (Å²) in [5, 5.41) is 0. The Bertz CT molecular complexity index is 693. The average Bonchev–Trinajstić information content (AvgIpc) is 2.72. The highest BCUT2D eigenvalue weighted by molar-refractivity contribution is 5.27. The van der Waals surface area contributed by atoms with Crippen molar-refractivity contribution < 1.29 is 4.39 Å². The Morgan fingerprint density at radius 1 is 0.741 bits per heavy atom. The van der Waals surface area contributed by atoms with E-state index in [1.807, 2.05) is 6.07 Å². The summed E-state index contributed by atoms with van der Waals surface area (Å²) in [5.41, 5.74) is 4.72. The fourth-order valence-corrected chi connectivity index (χ4v) is 4.47. The predicted octanol–water partition coefficient (Wildman–Crippen LogP) is 7.32. The van der Waals surface area contributed by atoms with Gasteiger partial charge in [-0.1, -0.05) is 82.3 Å². The van der Waals surface area contributed by atoms with Crippen molar-refractivity contribution in [3.63, 3.8) is 0 Å². The molecule has 1 aliphatic rings. The van der Waals surface area contributed by atoms with E-state index >= 15 is 0 Å². The van der Waals surface area contributed by atoms with Crippen LogP contribution in [-0.4, -0.2) is 0 Å². The number of benzene rings is 2. The van der Waals surface area contributed by atoms with Crippen LogP contribution in [-0.2, 0) is 25.7 Å². The highest BCUT2D eigenvalue weighted by atomic mass is 19.1. The van der Waals surface area contributed by atoms with Crippen molar-refractivity contribution in [2.45, 2.75) is 78.1 Å². The molecule has 2 aromatic carbocycles. The molecule has 27 heavy (non-hydrogen) atoms. The Labute approximate surface area is 165 Å². The average molecular weight is 367 g/mol. The maximum absolute atomic E-state index is 14.5. The maximum Gasteiger partial charge on any atom is 0.126 e. The van der Waals surface area contributed by atoms with E-state index in [-0.39, 0.29) is 5.82 Å². The Kier molecular flexibility index (Phi) is 7.50. The van der Waals surface area contributed by atoms with Gasteiger partial charge in [0.05, 0.1) is 0 Å². The minimum absolute atomic E-state index is 0.00363. The van der Waals surface area contributed by atoms with E-state index in [9.17, 15) is 4.39 Å². The van der Waals surface area contributed by atoms with Gasteiger partial charge >= 0.3 is 0 Å². The highest BCUT2D eigenvalue weighted by Crippen LogP contribution is 2.33. The van der Waals surface area contributed by atoms with E-state index in [1.165, 1.54) is 43.2 Å². The van der Waals surface area contributed by atoms with Crippen molar-refractivity contribution in [2.75, 3.05) is 0 Å². The molecular formula is C26H35F. The fraction of sp³-hybridized carbons (Fsp3) is 0.538. The minimum atomic E-state index is -0.00363. The van der Waals surface area contributed by atoms with Crippen LogP contribution in [0.1, 0.15) is 74.6 Å². The van der Waals surface area contributed by atoms with Crippen LogP contribution in [0, 0.1) is 17.7 Å². The molecular weight excluding hydrogens is 331 g/mol. The molecule has 3 rings (SSSR count). The Morgan fingerprint density at radius 3 is 1.96 bits per heavy atom. The standard InChI is InChI=1S/C26H35F/c1-3-20-5-9-22(10-6-20)13-14-24-16-18-25(26(27)19-24)17-15-23-11-7-21(4-2)8-12-23/h5-6,9-10,16,18-19,21,23H,3-4,7-8,11-15,17H2,1-2H3. The van der Waals surface area contributed by atoms with Gasteiger partial charge in [-0.2, -0.15) is 0 Å². The lowest BCUT2D eigenvalue weighted by Gasteiger charge is -2.27. The molecule has 0 spiro atoms. The number of hydrogen-bond donors (Lipinski definition) is 0. The van der Waals surface area contributed by atoms with Crippen molar-refractivity contribution in [1.29, 1.82) is 0 Å². The normalized spacial score (nSPS) is 20.0. The SMILES string of the molecule is CCc1ccc(CCc2ccc(CCC3CCC(CC)CC3)c(F)c2)cc1. The van der Waals surface area contributed by atoms with Crippen molar-refractivity contribution in [3.8, 4) is 0 Å². The second kappa shape index (κ2) is 10.1. The van der Waals surface area contributed by atoms with Crippen LogP contribution < -0.4 is 0 Å². The van der Waals surface area contributed by atoms with Gasteiger partial charge in [0.1, 0.15) is 5.82 Å². The van der Waals surface area contributed by atoms with Crippen LogP contribution in [0.25, 0.3) is 0 Å². The lowest BCUT2D eigenvalue weighted by Crippen LogP contribution is -2.14. The van der Waals surface area contributed by atoms with E-state index in [4.69, 9.17) is 0 Å². The van der Waals surface area contributed by atoms with Crippen LogP contribution in [0.2, 0.25) is 0 Å². The van der Waals surface area contributed by atoms with Crippen LogP contribution in [0.15, 0.2) is 42.5 Å². The van der Waals surface area contributed by atoms with Gasteiger partial charge in [-0.15, -0.1) is 0 Å². The molecule has 0 saturated heterocycles. The molecule has 0 bridgehead atoms. The summed E-state index contributed by atoms with van der Waals surface area (Å²) in [6.07, 6.45) is 11.8. The smallest absolute Gasteiger partial charge is 0.126 e. The first-order valence-electron chi connectivity index (χ1n) is 11.0. The van der Waals surface area contributed by atoms with Gasteiger partial charge in [-0.25, -0.2) is 4.39 Å². The monoisotopic (exact) mass is 366 g/mol. The molecule has 1 heteroatoms. The number of halogens is 1. The van der Waals surface area contributed by atoms with Crippen LogP contribution in [0.3, 0.4) is 0 Å². The largest absolute Gasteiger partial charge is 0.207 e. The Hall–Kier alpha value is -1.63. The van der Waals surface area contributed by atoms with Crippen molar-refractivity contribution >= 4 is 0 Å². The first kappa shape index (κ1) is 20.1. The van der Waals surface area contributed by atoms with Gasteiger partial charge in [-0.05, 0) is 72.3 Å². The molecule has 0 aromatic heterocycles. The highest BCUT2D eigenvalue weighted by Gasteiger charge is 2.20. The summed E-state index contributed by atoms with van der Waals surface area (Å²) < 4.78 is 14.5. The first-order valence-corrected chi connectivity index (χ1v) is 11.0. The van der Waals surface area contributed by atoms with E-state index in [1.54, 1.807) is 6.07 Å². The van der Waals surface area contributed by atoms with Gasteiger partial charge in [0.15, 0.2) is 0 Å². The van der Waals surface area contributed by atoms with Gasteiger partial charge in [0, 0.05) is 0 Å². The molecule has 0 unspecified atom stereocenters. The number of aryl methyl sites for hydroxylation is 4. The third-order valence-electron chi connectivity index (χ3n) is 6.62. The Balaban J connectivity index is 1.48. The van der Waals surface area contributed by atoms with E-state index in [0.717, 1.165) is 55.1 Å². The molecule has 0 radical (unpaired) electrons. The molecule has 0 N–H and O–H groups in total. The molecule has 2 aromatic rings. The van der Waals surface area contributed by atoms with Gasteiger partial charge in [0.25, 0.3) is 0 Å². The third kappa shape index (κ3) is 5.92. The molecule has 1 aliphatic carbocycles. The van der Waals surface area contributed by atoms with Gasteiger partial charge in [0.2, 0.25) is 0 Å². The second-order valence-corrected chi connectivity index (χ2v) is 8.43. The van der Waals surface area contributed by atoms with Crippen LogP contribution in [0.5, 0.6) is 0 Å². The number of hydrogen-bond acceptors (Lipinski definition) is 0. The summed E-state index contributed by atoms with van der Waals surface area (Å²) in [6.45, 7) is 4.48. The topological polar surface area (TPSA) is 0 Å². The third-order valence-corrected chi connectivity index (χ3v) is 6.62. The summed E-state index contributed by atoms with van der Waals surface area (Å²) in [5.74, 6) is 1.74. The zero-order valence-corrected chi connectivity index (χ0v) is 17.1. The fourth-order valence-electron chi connectivity index (χ4n) is 4.47. The molecule has 0 heterocycles. The van der Waals surface area contributed by atoms with E-state index in [2.05, 4.69) is 44.2 Å². The van der Waals surface area contributed by atoms with E-state index in [0.29, 0.717) is 0 Å². The molecule has 0 amide bonds. The first-order chi connectivity index (χ1) is 13.2. The van der Waals surface area contributed by atoms with Crippen molar-refractivity contribution in [2.24, 2.45) is 11.8 Å². The summed E-state index contributed by atoms with van der Waals surface area (Å²) in [7, 11) is 0. The van der Waals surface area contributed by atoms with Crippen molar-refractivity contribution in [1.82, 2.24) is 0 Å². The zero-order valence-electron chi connectivity index (χ0n) is 17.1. The molecule has 1 saturated carbocycles. The predicted molar refractivity (Wildman–Crippen MR) is 114 cm³/mol. The van der Waals surface area contributed by atoms with E-state index < -0.39 is 0 Å². The zero-order chi connectivity index (χ0) is 19.1. The lowest BCUT2D eigenvalue weighted by atomic mass is 9.78. The van der Waals surface area contributed by atoms with Crippen LogP contribution >= 0.6 is 0 Å². The minimum Gasteiger partial charge on any atom is -0.207 e. The molecule has 1 fully saturated rings. The number of rotatable bonds is 8. The summed E-state index contributed by atoms with van der Waals surface area (Å²) >= 11 is 0. The quantitative estimate of drug-likeness (QED) is 0.459. The van der Waals surface area contributed by atoms with Gasteiger partial charge < -0.3 is 0 Å². The molecule has 146 valence electrons. The second-order valence-electron chi connectivity index (χ2n) is 8.43. The molecule has 0 aliphatic heterocycles. The summed E-state index contributed by atoms with van der Waals surface area (Å²) in [4.78, 5) is 0. The molecule has 0 nitrogen and oxygen atoms in total. The lowest BCUT2D eigenvalue weighted by molar-refractivity contribution is 0.258. The van der Waals surface area contributed by atoms with Crippen LogP contribution in [0.4, 0.5) is 4.39 Å².